The van der Waals surface area contributed by atoms with Crippen LogP contribution in [0.1, 0.15) is 37.4 Å². The van der Waals surface area contributed by atoms with Gasteiger partial charge in [-0.25, -0.2) is 8.42 Å². The number of amides is 2. The zero-order chi connectivity index (χ0) is 29.5. The lowest BCUT2D eigenvalue weighted by Crippen LogP contribution is -2.48. The van der Waals surface area contributed by atoms with Crippen LogP contribution < -0.4 is 10.6 Å². The number of anilines is 1. The summed E-state index contributed by atoms with van der Waals surface area (Å²) in [4.78, 5) is 28.4. The van der Waals surface area contributed by atoms with Gasteiger partial charge < -0.3 is 10.6 Å². The minimum Gasteiger partial charge on any atom is -0.348 e. The smallest absolute Gasteiger partial charge is 0.255 e. The number of benzene rings is 4. The van der Waals surface area contributed by atoms with E-state index in [4.69, 9.17) is 0 Å². The average molecular weight is 583 g/mol. The molecule has 0 radical (unpaired) electrons. The molecule has 0 aliphatic carbocycles. The first kappa shape index (κ1) is 29.2. The molecule has 0 saturated carbocycles. The van der Waals surface area contributed by atoms with Gasteiger partial charge in [-0.05, 0) is 54.4 Å². The molecule has 1 fully saturated rings. The molecule has 4 aromatic rings. The van der Waals surface area contributed by atoms with Gasteiger partial charge in [-0.3, -0.25) is 14.5 Å². The van der Waals surface area contributed by atoms with Gasteiger partial charge in [0.2, 0.25) is 10.0 Å². The van der Waals surface area contributed by atoms with E-state index in [1.165, 1.54) is 0 Å². The van der Waals surface area contributed by atoms with Crippen molar-refractivity contribution in [3.63, 3.8) is 0 Å². The van der Waals surface area contributed by atoms with E-state index in [-0.39, 0.29) is 11.8 Å². The highest BCUT2D eigenvalue weighted by molar-refractivity contribution is 7.89. The molecule has 8 nitrogen and oxygen atoms in total. The van der Waals surface area contributed by atoms with Crippen molar-refractivity contribution in [3.05, 3.63) is 131 Å². The fourth-order valence-corrected chi connectivity index (χ4v) is 6.29. The Bertz CT molecular complexity index is 1630. The summed E-state index contributed by atoms with van der Waals surface area (Å²) in [5, 5.41) is 5.77. The van der Waals surface area contributed by atoms with Crippen LogP contribution in [0.5, 0.6) is 0 Å². The summed E-state index contributed by atoms with van der Waals surface area (Å²) in [6.45, 7) is 5.07. The summed E-state index contributed by atoms with van der Waals surface area (Å²) in [6, 6.07) is 30.9. The van der Waals surface area contributed by atoms with Crippen molar-refractivity contribution in [2.24, 2.45) is 0 Å². The van der Waals surface area contributed by atoms with Gasteiger partial charge in [0.25, 0.3) is 11.8 Å². The number of aryl methyl sites for hydroxylation is 1. The summed E-state index contributed by atoms with van der Waals surface area (Å²) in [6.07, 6.45) is 0. The number of carbonyl (C=O) groups excluding carboxylic acids is 2. The highest BCUT2D eigenvalue weighted by Crippen LogP contribution is 2.20. The molecule has 42 heavy (non-hydrogen) atoms. The fourth-order valence-electron chi connectivity index (χ4n) is 4.87. The van der Waals surface area contributed by atoms with E-state index in [2.05, 4.69) is 15.5 Å². The fraction of sp³-hybridized carbons (Fsp3) is 0.212. The number of hydrogen-bond acceptors (Lipinski definition) is 5. The second kappa shape index (κ2) is 13.1. The lowest BCUT2D eigenvalue weighted by Gasteiger charge is -2.34. The third-order valence-electron chi connectivity index (χ3n) is 7.33. The van der Waals surface area contributed by atoms with Crippen LogP contribution in [-0.2, 0) is 23.1 Å². The normalized spacial score (nSPS) is 14.3. The lowest BCUT2D eigenvalue weighted by molar-refractivity contribution is 0.0951. The van der Waals surface area contributed by atoms with Crippen LogP contribution in [0.15, 0.2) is 108 Å². The monoisotopic (exact) mass is 582 g/mol. The minimum absolute atomic E-state index is 0.267. The molecule has 5 rings (SSSR count). The van der Waals surface area contributed by atoms with Crippen molar-refractivity contribution in [2.75, 3.05) is 31.5 Å². The van der Waals surface area contributed by atoms with Crippen LogP contribution in [0.3, 0.4) is 0 Å². The van der Waals surface area contributed by atoms with Crippen molar-refractivity contribution < 1.29 is 18.0 Å². The summed E-state index contributed by atoms with van der Waals surface area (Å²) in [5.74, 6) is -0.573. The van der Waals surface area contributed by atoms with Crippen molar-refractivity contribution in [3.8, 4) is 0 Å². The molecule has 1 aliphatic rings. The molecule has 216 valence electrons. The number of sulfonamides is 1. The maximum absolute atomic E-state index is 13.0. The number of hydrogen-bond donors (Lipinski definition) is 2. The molecule has 2 amide bonds. The maximum Gasteiger partial charge on any atom is 0.255 e. The van der Waals surface area contributed by atoms with Crippen LogP contribution in [0.2, 0.25) is 0 Å². The molecule has 9 heteroatoms. The number of nitrogens with zero attached hydrogens (tertiary/aromatic N) is 2. The van der Waals surface area contributed by atoms with Crippen LogP contribution in [0.25, 0.3) is 0 Å². The minimum atomic E-state index is -3.50. The van der Waals surface area contributed by atoms with E-state index in [0.717, 1.165) is 16.7 Å². The zero-order valence-electron chi connectivity index (χ0n) is 23.5. The van der Waals surface area contributed by atoms with Gasteiger partial charge in [-0.15, -0.1) is 0 Å². The quantitative estimate of drug-likeness (QED) is 0.299. The Labute approximate surface area is 247 Å². The van der Waals surface area contributed by atoms with Gasteiger partial charge in [0, 0.05) is 44.8 Å². The predicted molar refractivity (Wildman–Crippen MR) is 164 cm³/mol. The van der Waals surface area contributed by atoms with Crippen LogP contribution in [0.4, 0.5) is 5.69 Å². The molecule has 0 aromatic heterocycles. The first-order valence-electron chi connectivity index (χ1n) is 13.9. The summed E-state index contributed by atoms with van der Waals surface area (Å²) in [7, 11) is -3.50. The lowest BCUT2D eigenvalue weighted by atomic mass is 10.1. The molecule has 1 aliphatic heterocycles. The van der Waals surface area contributed by atoms with E-state index in [1.807, 2.05) is 61.5 Å². The van der Waals surface area contributed by atoms with E-state index in [0.29, 0.717) is 61.0 Å². The number of carbonyl (C=O) groups is 2. The van der Waals surface area contributed by atoms with E-state index in [1.54, 1.807) is 52.8 Å². The molecule has 0 spiro atoms. The third-order valence-corrected chi connectivity index (χ3v) is 9.24. The second-order valence-corrected chi connectivity index (χ2v) is 12.3. The topological polar surface area (TPSA) is 98.8 Å². The standard InChI is InChI=1S/C33H34N4O4S/c1-25-11-17-29(18-12-25)42(40,41)37-21-19-36(20-22-37)24-27-13-15-28(16-14-27)32(38)35-31-10-6-5-9-30(31)33(39)34-23-26-7-3-2-4-8-26/h2-18H,19-24H2,1H3,(H,34,39)(H,35,38). The van der Waals surface area contributed by atoms with E-state index < -0.39 is 10.0 Å². The van der Waals surface area contributed by atoms with Crippen molar-refractivity contribution in [1.82, 2.24) is 14.5 Å². The number of piperazine rings is 1. The largest absolute Gasteiger partial charge is 0.348 e. The maximum atomic E-state index is 13.0. The van der Waals surface area contributed by atoms with Crippen LogP contribution in [-0.4, -0.2) is 55.6 Å². The van der Waals surface area contributed by atoms with Gasteiger partial charge in [-0.1, -0.05) is 72.3 Å². The molecule has 2 N–H and O–H groups in total. The molecule has 0 unspecified atom stereocenters. The average Bonchev–Trinajstić information content (AvgIpc) is 3.01. The Balaban J connectivity index is 1.14. The molecule has 4 aromatic carbocycles. The Kier molecular flexibility index (Phi) is 9.12. The highest BCUT2D eigenvalue weighted by atomic mass is 32.2. The second-order valence-electron chi connectivity index (χ2n) is 10.4. The molecule has 0 atom stereocenters. The summed E-state index contributed by atoms with van der Waals surface area (Å²) < 4.78 is 27.5. The summed E-state index contributed by atoms with van der Waals surface area (Å²) in [5.41, 5.74) is 4.35. The predicted octanol–water partition coefficient (Wildman–Crippen LogP) is 4.68. The number of rotatable bonds is 9. The Morgan fingerprint density at radius 2 is 1.36 bits per heavy atom. The molecule has 1 heterocycles. The highest BCUT2D eigenvalue weighted by Gasteiger charge is 2.28. The molecule has 1 saturated heterocycles. The first-order chi connectivity index (χ1) is 20.3. The number of nitrogens with one attached hydrogen (secondary N) is 2. The van der Waals surface area contributed by atoms with Gasteiger partial charge in [0.1, 0.15) is 0 Å². The van der Waals surface area contributed by atoms with Crippen molar-refractivity contribution in [2.45, 2.75) is 24.9 Å². The first-order valence-corrected chi connectivity index (χ1v) is 15.3. The van der Waals surface area contributed by atoms with E-state index in [9.17, 15) is 18.0 Å². The van der Waals surface area contributed by atoms with Crippen LogP contribution in [0, 0.1) is 6.92 Å². The van der Waals surface area contributed by atoms with E-state index >= 15 is 0 Å². The SMILES string of the molecule is Cc1ccc(S(=O)(=O)N2CCN(Cc3ccc(C(=O)Nc4ccccc4C(=O)NCc4ccccc4)cc3)CC2)cc1. The number of para-hydroxylation sites is 1. The molecular weight excluding hydrogens is 548 g/mol. The molecule has 0 bridgehead atoms. The Hall–Kier alpha value is -4.31. The third kappa shape index (κ3) is 7.12. The van der Waals surface area contributed by atoms with Gasteiger partial charge in [-0.2, -0.15) is 4.31 Å². The zero-order valence-corrected chi connectivity index (χ0v) is 24.3. The van der Waals surface area contributed by atoms with Crippen molar-refractivity contribution in [1.29, 1.82) is 0 Å². The van der Waals surface area contributed by atoms with Gasteiger partial charge in [0.05, 0.1) is 16.1 Å². The van der Waals surface area contributed by atoms with Gasteiger partial charge in [0.15, 0.2) is 0 Å². The molecular formula is C33H34N4O4S. The Morgan fingerprint density at radius 3 is 2.05 bits per heavy atom. The Morgan fingerprint density at radius 1 is 0.714 bits per heavy atom. The summed E-state index contributed by atoms with van der Waals surface area (Å²) >= 11 is 0. The van der Waals surface area contributed by atoms with Gasteiger partial charge >= 0.3 is 0 Å². The van der Waals surface area contributed by atoms with Crippen molar-refractivity contribution >= 4 is 27.5 Å². The van der Waals surface area contributed by atoms with Crippen LogP contribution >= 0.6 is 0 Å².